The second kappa shape index (κ2) is 35.0. The van der Waals surface area contributed by atoms with Crippen LogP contribution in [0.5, 0.6) is 0 Å². The Labute approximate surface area is 632 Å². The highest BCUT2D eigenvalue weighted by Gasteiger charge is 2.57. The van der Waals surface area contributed by atoms with Crippen LogP contribution in [0.25, 0.3) is 0 Å². The number of ether oxygens (including phenoxy) is 4. The minimum atomic E-state index is -3.67. The average Bonchev–Trinajstić information content (AvgIpc) is 0.767. The van der Waals surface area contributed by atoms with Crippen LogP contribution >= 0.6 is 0 Å². The molecule has 2 atom stereocenters. The third-order valence-electron chi connectivity index (χ3n) is 21.5. The Balaban J connectivity index is 0.000000148. The van der Waals surface area contributed by atoms with Crippen molar-refractivity contribution in [2.24, 2.45) is 53.3 Å². The quantitative estimate of drug-likeness (QED) is 0.0168. The molecule has 12 saturated carbocycles. The molecule has 12 bridgehead atoms. The fourth-order valence-electron chi connectivity index (χ4n) is 18.0. The largest absolute Gasteiger partial charge is 1.00 e. The fourth-order valence-corrected chi connectivity index (χ4v) is 22.2. The van der Waals surface area contributed by atoms with Crippen molar-refractivity contribution >= 4 is 51.6 Å². The van der Waals surface area contributed by atoms with Gasteiger partial charge in [0.2, 0.25) is 0 Å². The lowest BCUT2D eigenvalue weighted by Crippen LogP contribution is -3.00. The van der Waals surface area contributed by atoms with Gasteiger partial charge in [0.05, 0.1) is 28.4 Å². The normalized spacial score (nSPS) is 27.7. The van der Waals surface area contributed by atoms with E-state index in [4.69, 9.17) is 24.4 Å². The zero-order valence-electron chi connectivity index (χ0n) is 60.0. The van der Waals surface area contributed by atoms with Crippen LogP contribution in [0.1, 0.15) is 150 Å². The molecule has 13 nitrogen and oxygen atoms in total. The summed E-state index contributed by atoms with van der Waals surface area (Å²) in [5.41, 5.74) is -4.35. The number of carboxylic acids is 1. The van der Waals surface area contributed by atoms with Gasteiger partial charge in [0, 0.05) is 19.4 Å². The lowest BCUT2D eigenvalue weighted by molar-refractivity contribution is -0.209. The number of carboxylic acid groups (broad SMARTS) is 1. The SMILES string of the molecule is C=C(C)C(=O)OC12CC3CC(CC(C3)C1)C2.CC(F)(F)C(=O)O.CC(F)(F)C(=O)OCC(C)(O)C(=O)OC12CC3CC(CC(C3)C1)C2.CC(O)(CO)C(=O)OC12CC3CC(CC(C3)C1)C2.[I-].c1ccc([S+](c2ccccc2)c2ccccc2)cc1.c1ccc([S+](c2ccccc2)c2ccccc2)cc1. The molecule has 0 spiro atoms. The van der Waals surface area contributed by atoms with Crippen molar-refractivity contribution in [3.63, 3.8) is 0 Å². The van der Waals surface area contributed by atoms with Crippen LogP contribution in [-0.4, -0.2) is 103 Å². The summed E-state index contributed by atoms with van der Waals surface area (Å²) in [6.07, 6.45) is 20.1. The molecule has 0 saturated heterocycles. The second-order valence-corrected chi connectivity index (χ2v) is 35.2. The van der Waals surface area contributed by atoms with Gasteiger partial charge in [-0.3, -0.25) is 0 Å². The molecule has 4 N–H and O–H groups in total. The maximum absolute atomic E-state index is 12.8. The maximum atomic E-state index is 12.8. The number of hydrogen-bond acceptors (Lipinski definition) is 12. The number of hydrogen-bond donors (Lipinski definition) is 4. The van der Waals surface area contributed by atoms with Crippen LogP contribution in [0, 0.1) is 53.3 Å². The van der Waals surface area contributed by atoms with Gasteiger partial charge in [-0.1, -0.05) is 116 Å². The number of carbonyl (C=O) groups excluding carboxylic acids is 4. The van der Waals surface area contributed by atoms with E-state index in [1.54, 1.807) is 6.92 Å². The Bertz CT molecular complexity index is 3390. The lowest BCUT2D eigenvalue weighted by atomic mass is 9.54. The van der Waals surface area contributed by atoms with E-state index < -0.39 is 65.7 Å². The molecule has 12 aliphatic rings. The smallest absolute Gasteiger partial charge is 0.376 e. The third kappa shape index (κ3) is 21.6. The first kappa shape index (κ1) is 81.5. The lowest BCUT2D eigenvalue weighted by Gasteiger charge is -2.56. The summed E-state index contributed by atoms with van der Waals surface area (Å²) in [6, 6.07) is 64.3. The van der Waals surface area contributed by atoms with E-state index in [2.05, 4.69) is 193 Å². The van der Waals surface area contributed by atoms with Crippen molar-refractivity contribution < 1.29 is 105 Å². The van der Waals surface area contributed by atoms with Crippen LogP contribution in [0.2, 0.25) is 0 Å². The molecule has 18 rings (SSSR count). The molecule has 12 fully saturated rings. The standard InChI is InChI=1S/2C18H15S.C17H24F2O5.C14H22O4.C14H20O2.C3H4F2O2.HI/c2*1-4-10-16(11-5-1)19(17-12-6-2-7-13-17)18-14-8-3-9-15-18;1-15(22,9-23-14(21)16(2,18)19)13(20)24-17-6-10-3-11(7-17)5-12(4-10)8-17;1-13(17,8-15)12(16)18-14-5-9-2-10(6-14)4-11(3-9)7-14;1-9(2)13(15)16-14-6-10-3-11(7-14)5-12(4-10)8-14;1-3(4,5)2(6)7;/h2*1-15H;10-12,22H,3-9H2,1-2H3;9-11,15,17H,2-8H2,1H3;10-12H,1,3-8H2,2H3;1H3,(H,6,7);1H/q2*+1;;;;;/p-1. The third-order valence-corrected chi connectivity index (χ3v) is 26.0. The van der Waals surface area contributed by atoms with E-state index in [9.17, 15) is 51.7 Å². The average molecular weight is 1580 g/mol. The number of benzene rings is 6. The second-order valence-electron chi connectivity index (χ2n) is 31.1. The molecule has 0 aromatic heterocycles. The summed E-state index contributed by atoms with van der Waals surface area (Å²) < 4.78 is 69.6. The zero-order chi connectivity index (χ0) is 74.0. The van der Waals surface area contributed by atoms with Crippen LogP contribution in [0.15, 0.2) is 224 Å². The van der Waals surface area contributed by atoms with Gasteiger partial charge in [0.25, 0.3) is 0 Å². The molecule has 12 aliphatic carbocycles. The fraction of sp³-hybridized carbons (Fsp3) is 0.488. The van der Waals surface area contributed by atoms with Crippen molar-refractivity contribution in [2.45, 2.75) is 219 Å². The molecule has 0 heterocycles. The Morgan fingerprint density at radius 3 is 0.808 bits per heavy atom. The molecular weight excluding hydrogens is 1480 g/mol. The minimum Gasteiger partial charge on any atom is -1.00 e. The molecule has 20 heteroatoms. The molecule has 560 valence electrons. The van der Waals surface area contributed by atoms with Crippen LogP contribution in [0.3, 0.4) is 0 Å². The molecule has 6 aromatic carbocycles. The monoisotopic (exact) mass is 1580 g/mol. The van der Waals surface area contributed by atoms with Crippen LogP contribution in [0.4, 0.5) is 17.6 Å². The van der Waals surface area contributed by atoms with Gasteiger partial charge in [-0.2, -0.15) is 17.6 Å². The van der Waals surface area contributed by atoms with Gasteiger partial charge in [0.15, 0.2) is 40.6 Å². The number of esters is 4. The predicted molar refractivity (Wildman–Crippen MR) is 387 cm³/mol. The van der Waals surface area contributed by atoms with E-state index >= 15 is 0 Å². The molecule has 0 radical (unpaired) electrons. The summed E-state index contributed by atoms with van der Waals surface area (Å²) in [7, 11) is -0.0293. The minimum absolute atomic E-state index is 0. The number of halogens is 5. The first-order valence-electron chi connectivity index (χ1n) is 36.2. The summed E-state index contributed by atoms with van der Waals surface area (Å²) in [6.45, 7) is 7.15. The highest BCUT2D eigenvalue weighted by Crippen LogP contribution is 2.60. The van der Waals surface area contributed by atoms with Crippen LogP contribution < -0.4 is 24.0 Å². The molecule has 2 unspecified atom stereocenters. The number of rotatable bonds is 17. The number of aliphatic carboxylic acids is 1. The van der Waals surface area contributed by atoms with Crippen molar-refractivity contribution in [1.82, 2.24) is 0 Å². The van der Waals surface area contributed by atoms with Crippen molar-refractivity contribution in [1.29, 1.82) is 0 Å². The van der Waals surface area contributed by atoms with Gasteiger partial charge >= 0.3 is 41.7 Å². The topological polar surface area (TPSA) is 203 Å². The number of aliphatic hydroxyl groups is 3. The van der Waals surface area contributed by atoms with Gasteiger partial charge in [-0.15, -0.1) is 0 Å². The first-order chi connectivity index (χ1) is 48.8. The highest BCUT2D eigenvalue weighted by atomic mass is 127. The molecule has 6 aromatic rings. The molecule has 0 aliphatic heterocycles. The number of aliphatic hydroxyl groups excluding tert-OH is 1. The van der Waals surface area contributed by atoms with Gasteiger partial charge in [-0.05, 0) is 262 Å². The molecule has 104 heavy (non-hydrogen) atoms. The Morgan fingerprint density at radius 1 is 0.404 bits per heavy atom. The van der Waals surface area contributed by atoms with Gasteiger partial charge in [-0.25, -0.2) is 24.0 Å². The van der Waals surface area contributed by atoms with E-state index in [0.29, 0.717) is 54.9 Å². The Morgan fingerprint density at radius 2 is 0.615 bits per heavy atom. The van der Waals surface area contributed by atoms with Crippen molar-refractivity contribution in [3.8, 4) is 0 Å². The Kier molecular flexibility index (Phi) is 27.4. The molecular formula is C84H100F4IO13S2+. The number of alkyl halides is 4. The van der Waals surface area contributed by atoms with Crippen LogP contribution in [-0.2, 0) is 64.7 Å². The number of carbonyl (C=O) groups is 5. The van der Waals surface area contributed by atoms with E-state index in [0.717, 1.165) is 82.5 Å². The molecule has 0 amide bonds. The predicted octanol–water partition coefficient (Wildman–Crippen LogP) is 14.1. The summed E-state index contributed by atoms with van der Waals surface area (Å²) >= 11 is 0. The van der Waals surface area contributed by atoms with E-state index in [1.807, 2.05) is 0 Å². The summed E-state index contributed by atoms with van der Waals surface area (Å²) in [5, 5.41) is 36.5. The highest BCUT2D eigenvalue weighted by molar-refractivity contribution is 7.97. The first-order valence-corrected chi connectivity index (χ1v) is 38.6. The summed E-state index contributed by atoms with van der Waals surface area (Å²) in [5.74, 6) is -6.61. The van der Waals surface area contributed by atoms with Crippen molar-refractivity contribution in [3.05, 3.63) is 194 Å². The van der Waals surface area contributed by atoms with Gasteiger partial charge < -0.3 is 63.4 Å². The maximum Gasteiger partial charge on any atom is 0.376 e. The van der Waals surface area contributed by atoms with Gasteiger partial charge in [0.1, 0.15) is 23.4 Å². The Hall–Kier alpha value is -6.56. The zero-order valence-corrected chi connectivity index (χ0v) is 63.8. The van der Waals surface area contributed by atoms with Crippen molar-refractivity contribution in [2.75, 3.05) is 13.2 Å². The van der Waals surface area contributed by atoms with E-state index in [1.165, 1.54) is 94.1 Å². The van der Waals surface area contributed by atoms with E-state index in [-0.39, 0.29) is 62.9 Å². The summed E-state index contributed by atoms with van der Waals surface area (Å²) in [4.78, 5) is 64.6.